The van der Waals surface area contributed by atoms with Crippen LogP contribution in [0.4, 0.5) is 0 Å². The molecule has 1 aromatic carbocycles. The normalized spacial score (nSPS) is 23.7. The minimum Gasteiger partial charge on any atom is -0.299 e. The molecule has 1 aliphatic rings. The molecule has 0 N–H and O–H groups in total. The lowest BCUT2D eigenvalue weighted by Gasteiger charge is -2.32. The summed E-state index contributed by atoms with van der Waals surface area (Å²) in [5, 5.41) is 0. The third-order valence-electron chi connectivity index (χ3n) is 3.03. The number of piperidine rings is 1. The first kappa shape index (κ1) is 10.2. The summed E-state index contributed by atoms with van der Waals surface area (Å²) in [5.74, 6) is 0. The highest BCUT2D eigenvalue weighted by molar-refractivity contribution is 9.10. The molecule has 0 bridgehead atoms. The van der Waals surface area contributed by atoms with Gasteiger partial charge in [-0.2, -0.15) is 0 Å². The van der Waals surface area contributed by atoms with Crippen molar-refractivity contribution in [2.45, 2.75) is 25.3 Å². The number of likely N-dealkylation sites (tertiary alicyclic amines) is 1. The van der Waals surface area contributed by atoms with E-state index in [2.05, 4.69) is 52.1 Å². The Balaban J connectivity index is 2.16. The van der Waals surface area contributed by atoms with E-state index in [1.807, 2.05) is 0 Å². The van der Waals surface area contributed by atoms with E-state index in [1.165, 1.54) is 35.8 Å². The summed E-state index contributed by atoms with van der Waals surface area (Å²) in [6.45, 7) is 1.24. The number of rotatable bonds is 1. The van der Waals surface area contributed by atoms with Gasteiger partial charge in [-0.05, 0) is 44.1 Å². The van der Waals surface area contributed by atoms with Gasteiger partial charge in [-0.3, -0.25) is 4.90 Å². The summed E-state index contributed by atoms with van der Waals surface area (Å²) in [4.78, 5) is 2.47. The van der Waals surface area contributed by atoms with Gasteiger partial charge in [0.15, 0.2) is 0 Å². The maximum absolute atomic E-state index is 3.47. The van der Waals surface area contributed by atoms with E-state index in [4.69, 9.17) is 0 Å². The maximum Gasteiger partial charge on any atom is 0.0345 e. The van der Waals surface area contributed by atoms with Crippen molar-refractivity contribution in [2.24, 2.45) is 0 Å². The molecule has 1 fully saturated rings. The fourth-order valence-corrected chi connectivity index (χ4v) is 2.45. The maximum atomic E-state index is 3.47. The fraction of sp³-hybridized carbons (Fsp3) is 0.500. The van der Waals surface area contributed by atoms with Crippen molar-refractivity contribution in [2.75, 3.05) is 13.6 Å². The van der Waals surface area contributed by atoms with Crippen LogP contribution in [0.25, 0.3) is 0 Å². The average molecular weight is 254 g/mol. The van der Waals surface area contributed by atoms with Gasteiger partial charge in [0, 0.05) is 10.5 Å². The van der Waals surface area contributed by atoms with Gasteiger partial charge in [0.05, 0.1) is 0 Å². The van der Waals surface area contributed by atoms with Crippen LogP contribution in [0.3, 0.4) is 0 Å². The van der Waals surface area contributed by atoms with Crippen molar-refractivity contribution in [1.82, 2.24) is 4.90 Å². The van der Waals surface area contributed by atoms with Crippen LogP contribution in [0.5, 0.6) is 0 Å². The molecule has 0 aliphatic carbocycles. The Morgan fingerprint density at radius 1 is 1.21 bits per heavy atom. The lowest BCUT2D eigenvalue weighted by atomic mass is 9.96. The van der Waals surface area contributed by atoms with Crippen molar-refractivity contribution in [3.8, 4) is 0 Å². The van der Waals surface area contributed by atoms with E-state index in [0.717, 1.165) is 0 Å². The standard InChI is InChI=1S/C12H16BrN/c1-14-9-3-2-4-12(14)10-5-7-11(13)8-6-10/h5-8,12H,2-4,9H2,1H3. The molecule has 0 aromatic heterocycles. The first-order valence-corrected chi connectivity index (χ1v) is 6.02. The van der Waals surface area contributed by atoms with Gasteiger partial charge in [-0.1, -0.05) is 34.5 Å². The lowest BCUT2D eigenvalue weighted by molar-refractivity contribution is 0.187. The molecular weight excluding hydrogens is 238 g/mol. The Bertz CT molecular complexity index is 294. The second kappa shape index (κ2) is 4.45. The molecule has 2 heteroatoms. The Kier molecular flexibility index (Phi) is 3.24. The summed E-state index contributed by atoms with van der Waals surface area (Å²) in [6.07, 6.45) is 4.02. The van der Waals surface area contributed by atoms with Crippen molar-refractivity contribution < 1.29 is 0 Å². The first-order chi connectivity index (χ1) is 6.77. The van der Waals surface area contributed by atoms with Crippen LogP contribution in [-0.4, -0.2) is 18.5 Å². The van der Waals surface area contributed by atoms with Crippen LogP contribution in [0.15, 0.2) is 28.7 Å². The van der Waals surface area contributed by atoms with Gasteiger partial charge in [0.2, 0.25) is 0 Å². The third-order valence-corrected chi connectivity index (χ3v) is 3.55. The molecule has 14 heavy (non-hydrogen) atoms. The van der Waals surface area contributed by atoms with Crippen LogP contribution in [-0.2, 0) is 0 Å². The van der Waals surface area contributed by atoms with Crippen molar-refractivity contribution in [3.63, 3.8) is 0 Å². The van der Waals surface area contributed by atoms with E-state index in [1.54, 1.807) is 0 Å². The number of nitrogens with zero attached hydrogens (tertiary/aromatic N) is 1. The third kappa shape index (κ3) is 2.18. The predicted octanol–water partition coefficient (Wildman–Crippen LogP) is 3.61. The highest BCUT2D eigenvalue weighted by atomic mass is 79.9. The van der Waals surface area contributed by atoms with Crippen molar-refractivity contribution in [1.29, 1.82) is 0 Å². The van der Waals surface area contributed by atoms with Crippen molar-refractivity contribution >= 4 is 15.9 Å². The topological polar surface area (TPSA) is 3.24 Å². The molecule has 1 unspecified atom stereocenters. The molecule has 1 saturated heterocycles. The highest BCUT2D eigenvalue weighted by Gasteiger charge is 2.19. The van der Waals surface area contributed by atoms with Gasteiger partial charge in [-0.25, -0.2) is 0 Å². The Morgan fingerprint density at radius 2 is 1.93 bits per heavy atom. The SMILES string of the molecule is CN1CCCCC1c1ccc(Br)cc1. The monoisotopic (exact) mass is 253 g/mol. The van der Waals surface area contributed by atoms with E-state index >= 15 is 0 Å². The zero-order valence-electron chi connectivity index (χ0n) is 8.54. The zero-order valence-corrected chi connectivity index (χ0v) is 10.1. The van der Waals surface area contributed by atoms with Gasteiger partial charge < -0.3 is 0 Å². The molecular formula is C12H16BrN. The van der Waals surface area contributed by atoms with Gasteiger partial charge in [0.25, 0.3) is 0 Å². The smallest absolute Gasteiger partial charge is 0.0345 e. The minimum absolute atomic E-state index is 0.636. The summed E-state index contributed by atoms with van der Waals surface area (Å²) in [7, 11) is 2.23. The Morgan fingerprint density at radius 3 is 2.57 bits per heavy atom. The molecule has 0 radical (unpaired) electrons. The van der Waals surface area contributed by atoms with Crippen LogP contribution in [0.2, 0.25) is 0 Å². The number of hydrogen-bond donors (Lipinski definition) is 0. The number of benzene rings is 1. The minimum atomic E-state index is 0.636. The average Bonchev–Trinajstić information content (AvgIpc) is 2.20. The molecule has 1 nitrogen and oxygen atoms in total. The van der Waals surface area contributed by atoms with Gasteiger partial charge in [0.1, 0.15) is 0 Å². The summed E-state index contributed by atoms with van der Waals surface area (Å²) in [6, 6.07) is 9.37. The zero-order chi connectivity index (χ0) is 9.97. The van der Waals surface area contributed by atoms with E-state index in [0.29, 0.717) is 6.04 Å². The van der Waals surface area contributed by atoms with Crippen LogP contribution in [0.1, 0.15) is 30.9 Å². The summed E-state index contributed by atoms with van der Waals surface area (Å²) in [5.41, 5.74) is 1.45. The second-order valence-corrected chi connectivity index (χ2v) is 4.96. The number of halogens is 1. The van der Waals surface area contributed by atoms with E-state index in [9.17, 15) is 0 Å². The molecule has 1 atom stereocenters. The molecule has 0 saturated carbocycles. The van der Waals surface area contributed by atoms with Gasteiger partial charge >= 0.3 is 0 Å². The second-order valence-electron chi connectivity index (χ2n) is 4.04. The summed E-state index contributed by atoms with van der Waals surface area (Å²) >= 11 is 3.47. The molecule has 76 valence electrons. The number of hydrogen-bond acceptors (Lipinski definition) is 1. The first-order valence-electron chi connectivity index (χ1n) is 5.23. The Hall–Kier alpha value is -0.340. The molecule has 0 amide bonds. The van der Waals surface area contributed by atoms with E-state index < -0.39 is 0 Å². The van der Waals surface area contributed by atoms with Crippen LogP contribution >= 0.6 is 15.9 Å². The predicted molar refractivity (Wildman–Crippen MR) is 63.4 cm³/mol. The van der Waals surface area contributed by atoms with Crippen LogP contribution in [0, 0.1) is 0 Å². The van der Waals surface area contributed by atoms with Crippen LogP contribution < -0.4 is 0 Å². The molecule has 1 aromatic rings. The van der Waals surface area contributed by atoms with Crippen molar-refractivity contribution in [3.05, 3.63) is 34.3 Å². The molecule has 1 heterocycles. The quantitative estimate of drug-likeness (QED) is 0.740. The fourth-order valence-electron chi connectivity index (χ4n) is 2.18. The largest absolute Gasteiger partial charge is 0.299 e. The summed E-state index contributed by atoms with van der Waals surface area (Å²) < 4.78 is 1.17. The lowest BCUT2D eigenvalue weighted by Crippen LogP contribution is -2.29. The molecule has 2 rings (SSSR count). The van der Waals surface area contributed by atoms with E-state index in [-0.39, 0.29) is 0 Å². The van der Waals surface area contributed by atoms with Gasteiger partial charge in [-0.15, -0.1) is 0 Å². The molecule has 0 spiro atoms. The Labute approximate surface area is 94.2 Å². The molecule has 1 aliphatic heterocycles. The highest BCUT2D eigenvalue weighted by Crippen LogP contribution is 2.29.